The van der Waals surface area contributed by atoms with E-state index in [0.29, 0.717) is 12.4 Å². The molecule has 128 valence electrons. The number of rotatable bonds is 7. The van der Waals surface area contributed by atoms with Gasteiger partial charge in [-0.05, 0) is 44.6 Å². The Morgan fingerprint density at radius 1 is 1.26 bits per heavy atom. The maximum Gasteiger partial charge on any atom is 0.232 e. The number of benzene rings is 1. The zero-order chi connectivity index (χ0) is 16.7. The molecule has 0 aromatic heterocycles. The highest BCUT2D eigenvalue weighted by Crippen LogP contribution is 2.23. The molecule has 1 amide bonds. The molecular weight excluding hydrogens is 310 g/mol. The first-order chi connectivity index (χ1) is 11.1. The minimum Gasteiger partial charge on any atom is -0.494 e. The van der Waals surface area contributed by atoms with Gasteiger partial charge in [-0.15, -0.1) is 0 Å². The van der Waals surface area contributed by atoms with Gasteiger partial charge in [0.15, 0.2) is 0 Å². The van der Waals surface area contributed by atoms with Crippen LogP contribution in [0.5, 0.6) is 5.75 Å². The average Bonchev–Trinajstić information content (AvgIpc) is 2.51. The molecule has 23 heavy (non-hydrogen) atoms. The van der Waals surface area contributed by atoms with Gasteiger partial charge in [-0.3, -0.25) is 9.00 Å². The molecule has 1 fully saturated rings. The number of carbonyl (C=O) groups is 1. The Bertz CT molecular complexity index is 539. The molecule has 1 aromatic carbocycles. The molecule has 0 spiro atoms. The molecule has 1 saturated carbocycles. The number of ether oxygens (including phenoxy) is 1. The Morgan fingerprint density at radius 3 is 2.65 bits per heavy atom. The van der Waals surface area contributed by atoms with Gasteiger partial charge in [0.25, 0.3) is 0 Å². The Morgan fingerprint density at radius 2 is 1.96 bits per heavy atom. The van der Waals surface area contributed by atoms with E-state index < -0.39 is 10.8 Å². The Kier molecular flexibility index (Phi) is 7.09. The summed E-state index contributed by atoms with van der Waals surface area (Å²) in [7, 11) is -1.22. The van der Waals surface area contributed by atoms with E-state index in [0.717, 1.165) is 42.9 Å². The molecule has 5 heteroatoms. The topological polar surface area (TPSA) is 55.4 Å². The van der Waals surface area contributed by atoms with Gasteiger partial charge in [0, 0.05) is 22.4 Å². The lowest BCUT2D eigenvalue weighted by Crippen LogP contribution is -2.39. The normalized spacial score (nSPS) is 22.3. The van der Waals surface area contributed by atoms with E-state index in [1.807, 2.05) is 31.2 Å². The van der Waals surface area contributed by atoms with Crippen molar-refractivity contribution >= 4 is 16.7 Å². The van der Waals surface area contributed by atoms with E-state index in [2.05, 4.69) is 12.2 Å². The average molecular weight is 337 g/mol. The van der Waals surface area contributed by atoms with E-state index >= 15 is 0 Å². The van der Waals surface area contributed by atoms with Crippen molar-refractivity contribution in [3.05, 3.63) is 29.8 Å². The van der Waals surface area contributed by atoms with Gasteiger partial charge in [0.1, 0.15) is 11.5 Å². The van der Waals surface area contributed by atoms with Crippen LogP contribution in [-0.4, -0.2) is 28.5 Å². The van der Waals surface area contributed by atoms with Crippen molar-refractivity contribution in [2.24, 2.45) is 5.92 Å². The summed E-state index contributed by atoms with van der Waals surface area (Å²) in [6.45, 7) is 4.75. The number of hydrogen-bond donors (Lipinski definition) is 1. The second-order valence-electron chi connectivity index (χ2n) is 6.29. The van der Waals surface area contributed by atoms with Crippen LogP contribution < -0.4 is 10.1 Å². The lowest BCUT2D eigenvalue weighted by Gasteiger charge is -2.26. The highest BCUT2D eigenvalue weighted by atomic mass is 32.2. The first-order valence-corrected chi connectivity index (χ1v) is 9.92. The van der Waals surface area contributed by atoms with Crippen LogP contribution in [0.15, 0.2) is 24.3 Å². The summed E-state index contributed by atoms with van der Waals surface area (Å²) in [6, 6.07) is 7.83. The van der Waals surface area contributed by atoms with E-state index in [-0.39, 0.29) is 17.7 Å². The Balaban J connectivity index is 1.81. The summed E-state index contributed by atoms with van der Waals surface area (Å²) in [6.07, 6.45) is 4.39. The second-order valence-corrected chi connectivity index (χ2v) is 7.75. The fourth-order valence-corrected chi connectivity index (χ4v) is 4.03. The molecular formula is C18H27NO3S. The minimum absolute atomic E-state index is 0.0620. The van der Waals surface area contributed by atoms with Crippen LogP contribution >= 0.6 is 0 Å². The van der Waals surface area contributed by atoms with Crippen molar-refractivity contribution in [1.82, 2.24) is 5.32 Å². The number of hydrogen-bond acceptors (Lipinski definition) is 3. The molecule has 4 nitrogen and oxygen atoms in total. The fourth-order valence-electron chi connectivity index (χ4n) is 2.96. The Labute approximate surface area is 141 Å². The SMILES string of the molecule is CCOc1ccccc1CS(=O)CC(=O)NC1CCC(C)CC1. The van der Waals surface area contributed by atoms with Gasteiger partial charge >= 0.3 is 0 Å². The van der Waals surface area contributed by atoms with Gasteiger partial charge < -0.3 is 10.1 Å². The lowest BCUT2D eigenvalue weighted by atomic mass is 9.87. The molecule has 1 aliphatic rings. The van der Waals surface area contributed by atoms with Crippen LogP contribution in [0.3, 0.4) is 0 Å². The van der Waals surface area contributed by atoms with E-state index in [9.17, 15) is 9.00 Å². The van der Waals surface area contributed by atoms with Crippen molar-refractivity contribution in [1.29, 1.82) is 0 Å². The van der Waals surface area contributed by atoms with Crippen molar-refractivity contribution in [3.8, 4) is 5.75 Å². The van der Waals surface area contributed by atoms with Gasteiger partial charge in [0.2, 0.25) is 5.91 Å². The van der Waals surface area contributed by atoms with Crippen molar-refractivity contribution < 1.29 is 13.7 Å². The number of nitrogens with one attached hydrogen (secondary N) is 1. The first-order valence-electron chi connectivity index (χ1n) is 8.43. The number of amides is 1. The summed E-state index contributed by atoms with van der Waals surface area (Å²) in [5, 5.41) is 3.03. The van der Waals surface area contributed by atoms with Crippen LogP contribution in [0, 0.1) is 5.92 Å². The first kappa shape index (κ1) is 18.0. The van der Waals surface area contributed by atoms with Gasteiger partial charge in [-0.1, -0.05) is 25.1 Å². The second kappa shape index (κ2) is 9.06. The molecule has 2 rings (SSSR count). The van der Waals surface area contributed by atoms with E-state index in [4.69, 9.17) is 4.74 Å². The molecule has 0 bridgehead atoms. The summed E-state index contributed by atoms with van der Waals surface area (Å²) in [5.74, 6) is 1.83. The van der Waals surface area contributed by atoms with Gasteiger partial charge in [-0.25, -0.2) is 0 Å². The van der Waals surface area contributed by atoms with E-state index in [1.54, 1.807) is 0 Å². The lowest BCUT2D eigenvalue weighted by molar-refractivity contribution is -0.119. The van der Waals surface area contributed by atoms with Crippen LogP contribution in [0.2, 0.25) is 0 Å². The summed E-state index contributed by atoms with van der Waals surface area (Å²) < 4.78 is 17.8. The van der Waals surface area contributed by atoms with Crippen molar-refractivity contribution in [2.45, 2.75) is 51.3 Å². The molecule has 0 aliphatic heterocycles. The molecule has 1 unspecified atom stereocenters. The standard InChI is InChI=1S/C18H27NO3S/c1-3-22-17-7-5-4-6-15(17)12-23(21)13-18(20)19-16-10-8-14(2)9-11-16/h4-7,14,16H,3,8-13H2,1-2H3,(H,19,20). The maximum absolute atomic E-state index is 12.3. The molecule has 1 aliphatic carbocycles. The predicted octanol–water partition coefficient (Wildman–Crippen LogP) is 3.03. The largest absolute Gasteiger partial charge is 0.494 e. The molecule has 0 heterocycles. The zero-order valence-corrected chi connectivity index (χ0v) is 14.9. The molecule has 1 N–H and O–H groups in total. The van der Waals surface area contributed by atoms with Crippen molar-refractivity contribution in [2.75, 3.05) is 12.4 Å². The number of para-hydroxylation sites is 1. The Hall–Kier alpha value is -1.36. The van der Waals surface area contributed by atoms with Gasteiger partial charge in [-0.2, -0.15) is 0 Å². The van der Waals surface area contributed by atoms with E-state index in [1.165, 1.54) is 0 Å². The highest BCUT2D eigenvalue weighted by molar-refractivity contribution is 7.84. The quantitative estimate of drug-likeness (QED) is 0.832. The molecule has 1 atom stereocenters. The third-order valence-electron chi connectivity index (χ3n) is 4.26. The fraction of sp³-hybridized carbons (Fsp3) is 0.611. The smallest absolute Gasteiger partial charge is 0.232 e. The molecule has 1 aromatic rings. The third kappa shape index (κ3) is 5.98. The monoisotopic (exact) mass is 337 g/mol. The zero-order valence-electron chi connectivity index (χ0n) is 14.0. The number of carbonyl (C=O) groups excluding carboxylic acids is 1. The minimum atomic E-state index is -1.22. The molecule has 0 radical (unpaired) electrons. The van der Waals surface area contributed by atoms with Crippen LogP contribution in [0.4, 0.5) is 0 Å². The maximum atomic E-state index is 12.3. The van der Waals surface area contributed by atoms with Crippen molar-refractivity contribution in [3.63, 3.8) is 0 Å². The highest BCUT2D eigenvalue weighted by Gasteiger charge is 2.20. The summed E-state index contributed by atoms with van der Waals surface area (Å²) >= 11 is 0. The van der Waals surface area contributed by atoms with Crippen LogP contribution in [0.1, 0.15) is 45.1 Å². The summed E-state index contributed by atoms with van der Waals surface area (Å²) in [5.41, 5.74) is 0.895. The van der Waals surface area contributed by atoms with Crippen LogP contribution in [-0.2, 0) is 21.3 Å². The third-order valence-corrected chi connectivity index (χ3v) is 5.48. The summed E-state index contributed by atoms with van der Waals surface area (Å²) in [4.78, 5) is 12.1. The predicted molar refractivity (Wildman–Crippen MR) is 93.9 cm³/mol. The van der Waals surface area contributed by atoms with Crippen LogP contribution in [0.25, 0.3) is 0 Å². The molecule has 0 saturated heterocycles. The van der Waals surface area contributed by atoms with Gasteiger partial charge in [0.05, 0.1) is 12.4 Å².